The molecule has 29 heavy (non-hydrogen) atoms. The third-order valence-electron chi connectivity index (χ3n) is 6.07. The summed E-state index contributed by atoms with van der Waals surface area (Å²) in [6.07, 6.45) is 2.28. The standard InChI is InChI=1S/C22H22N4O3/c27-20(17-6-7-18-19(9-17)24-25-23-18)8-16-10-22(11-16)13-26(14-22)21(28)29-12-15-4-2-1-3-5-15/h1-7,9,16H,8,10-14H2,(H,23,24,25). The molecule has 0 unspecified atom stereocenters. The van der Waals surface area contributed by atoms with E-state index >= 15 is 0 Å². The maximum Gasteiger partial charge on any atom is 0.410 e. The van der Waals surface area contributed by atoms with Gasteiger partial charge in [-0.3, -0.25) is 4.79 Å². The van der Waals surface area contributed by atoms with Crippen molar-refractivity contribution in [1.82, 2.24) is 20.3 Å². The highest BCUT2D eigenvalue weighted by Crippen LogP contribution is 2.53. The predicted molar refractivity (Wildman–Crippen MR) is 106 cm³/mol. The Morgan fingerprint density at radius 1 is 1.07 bits per heavy atom. The number of rotatable bonds is 5. The van der Waals surface area contributed by atoms with Crippen molar-refractivity contribution in [1.29, 1.82) is 0 Å². The van der Waals surface area contributed by atoms with Gasteiger partial charge < -0.3 is 9.64 Å². The number of carbonyl (C=O) groups is 2. The van der Waals surface area contributed by atoms with Crippen molar-refractivity contribution >= 4 is 22.9 Å². The minimum absolute atomic E-state index is 0.146. The lowest BCUT2D eigenvalue weighted by Crippen LogP contribution is -2.63. The minimum Gasteiger partial charge on any atom is -0.445 e. The normalized spacial score (nSPS) is 17.7. The van der Waals surface area contributed by atoms with Crippen LogP contribution in [0.4, 0.5) is 4.79 Å². The number of ketones is 1. The number of amides is 1. The van der Waals surface area contributed by atoms with Gasteiger partial charge in [-0.1, -0.05) is 30.3 Å². The molecule has 7 heteroatoms. The first kappa shape index (κ1) is 17.8. The van der Waals surface area contributed by atoms with Gasteiger partial charge in [0.15, 0.2) is 5.78 Å². The smallest absolute Gasteiger partial charge is 0.410 e. The molecule has 3 aromatic rings. The first-order valence-electron chi connectivity index (χ1n) is 9.90. The Balaban J connectivity index is 1.07. The maximum absolute atomic E-state index is 12.6. The number of ether oxygens (including phenoxy) is 1. The van der Waals surface area contributed by atoms with Gasteiger partial charge in [-0.25, -0.2) is 4.79 Å². The topological polar surface area (TPSA) is 88.2 Å². The van der Waals surface area contributed by atoms with Gasteiger partial charge in [0.2, 0.25) is 0 Å². The number of H-pyrrole nitrogens is 1. The Morgan fingerprint density at radius 2 is 1.83 bits per heavy atom. The molecule has 2 aliphatic rings. The van der Waals surface area contributed by atoms with Crippen LogP contribution in [0, 0.1) is 11.3 Å². The number of fused-ring (bicyclic) bond motifs is 1. The summed E-state index contributed by atoms with van der Waals surface area (Å²) >= 11 is 0. The summed E-state index contributed by atoms with van der Waals surface area (Å²) in [4.78, 5) is 26.5. The molecule has 148 valence electrons. The third kappa shape index (κ3) is 3.48. The van der Waals surface area contributed by atoms with Crippen LogP contribution in [0.15, 0.2) is 48.5 Å². The number of benzene rings is 2. The van der Waals surface area contributed by atoms with Crippen LogP contribution in [0.3, 0.4) is 0 Å². The van der Waals surface area contributed by atoms with E-state index in [4.69, 9.17) is 4.74 Å². The molecule has 2 aromatic carbocycles. The summed E-state index contributed by atoms with van der Waals surface area (Å²) in [7, 11) is 0. The summed E-state index contributed by atoms with van der Waals surface area (Å²) in [5.74, 6) is 0.534. The van der Waals surface area contributed by atoms with Crippen molar-refractivity contribution in [3.8, 4) is 0 Å². The SMILES string of the molecule is O=C(CC1CC2(C1)CN(C(=O)OCc1ccccc1)C2)c1ccc2n[nH]nc2c1. The van der Waals surface area contributed by atoms with Crippen molar-refractivity contribution in [2.75, 3.05) is 13.1 Å². The zero-order valence-electron chi connectivity index (χ0n) is 16.0. The number of hydrogen-bond donors (Lipinski definition) is 1. The van der Waals surface area contributed by atoms with Crippen LogP contribution >= 0.6 is 0 Å². The summed E-state index contributed by atoms with van der Waals surface area (Å²) < 4.78 is 5.39. The molecule has 5 rings (SSSR count). The second-order valence-corrected chi connectivity index (χ2v) is 8.32. The quantitative estimate of drug-likeness (QED) is 0.673. The van der Waals surface area contributed by atoms with Crippen molar-refractivity contribution < 1.29 is 14.3 Å². The highest BCUT2D eigenvalue weighted by atomic mass is 16.6. The fourth-order valence-corrected chi connectivity index (χ4v) is 4.66. The second kappa shape index (κ2) is 6.99. The molecule has 0 bridgehead atoms. The summed E-state index contributed by atoms with van der Waals surface area (Å²) in [6, 6.07) is 15.1. The Labute approximate surface area is 168 Å². The third-order valence-corrected chi connectivity index (χ3v) is 6.07. The molecule has 1 saturated carbocycles. The lowest BCUT2D eigenvalue weighted by atomic mass is 9.56. The Hall–Kier alpha value is -3.22. The Kier molecular flexibility index (Phi) is 4.30. The second-order valence-electron chi connectivity index (χ2n) is 8.32. The average molecular weight is 390 g/mol. The molecular formula is C22H22N4O3. The molecule has 2 fully saturated rings. The molecule has 1 aliphatic heterocycles. The number of aromatic nitrogens is 3. The maximum atomic E-state index is 12.6. The number of aromatic amines is 1. The van der Waals surface area contributed by atoms with Gasteiger partial charge in [-0.15, -0.1) is 0 Å². The summed E-state index contributed by atoms with van der Waals surface area (Å²) in [5.41, 5.74) is 3.34. The number of hydrogen-bond acceptors (Lipinski definition) is 5. The van der Waals surface area contributed by atoms with Gasteiger partial charge in [0.25, 0.3) is 0 Å². The minimum atomic E-state index is -0.250. The van der Waals surface area contributed by atoms with Crippen molar-refractivity contribution in [3.63, 3.8) is 0 Å². The molecule has 1 aromatic heterocycles. The van der Waals surface area contributed by atoms with Crippen LogP contribution in [0.2, 0.25) is 0 Å². The molecule has 7 nitrogen and oxygen atoms in total. The van der Waals surface area contributed by atoms with Crippen molar-refractivity contribution in [2.45, 2.75) is 25.9 Å². The highest BCUT2D eigenvalue weighted by molar-refractivity contribution is 5.98. The van der Waals surface area contributed by atoms with Crippen LogP contribution in [-0.2, 0) is 11.3 Å². The molecule has 1 aliphatic carbocycles. The fraction of sp³-hybridized carbons (Fsp3) is 0.364. The van der Waals surface area contributed by atoms with E-state index in [9.17, 15) is 9.59 Å². The molecule has 1 saturated heterocycles. The van der Waals surface area contributed by atoms with Gasteiger partial charge in [0, 0.05) is 30.5 Å². The average Bonchev–Trinajstić information content (AvgIpc) is 3.15. The van der Waals surface area contributed by atoms with Crippen molar-refractivity contribution in [2.24, 2.45) is 11.3 Å². The number of Topliss-reactive ketones (excluding diaryl/α,β-unsaturated/α-hetero) is 1. The van der Waals surface area contributed by atoms with Gasteiger partial charge in [-0.05, 0) is 42.5 Å². The summed E-state index contributed by atoms with van der Waals surface area (Å²) in [5, 5.41) is 10.6. The largest absolute Gasteiger partial charge is 0.445 e. The Morgan fingerprint density at radius 3 is 2.62 bits per heavy atom. The van der Waals surface area contributed by atoms with Crippen LogP contribution in [0.1, 0.15) is 35.2 Å². The molecule has 2 heterocycles. The molecule has 0 atom stereocenters. The monoisotopic (exact) mass is 390 g/mol. The molecular weight excluding hydrogens is 368 g/mol. The molecule has 1 N–H and O–H groups in total. The van der Waals surface area contributed by atoms with E-state index in [1.807, 2.05) is 42.5 Å². The van der Waals surface area contributed by atoms with E-state index in [1.54, 1.807) is 11.0 Å². The van der Waals surface area contributed by atoms with Crippen LogP contribution in [0.5, 0.6) is 0 Å². The lowest BCUT2D eigenvalue weighted by Gasteiger charge is -2.58. The first-order chi connectivity index (χ1) is 14.1. The molecule has 1 spiro atoms. The zero-order valence-corrected chi connectivity index (χ0v) is 16.0. The van der Waals surface area contributed by atoms with Crippen LogP contribution in [-0.4, -0.2) is 45.3 Å². The number of nitrogens with zero attached hydrogens (tertiary/aromatic N) is 3. The van der Waals surface area contributed by atoms with Gasteiger partial charge in [-0.2, -0.15) is 15.4 Å². The van der Waals surface area contributed by atoms with E-state index < -0.39 is 0 Å². The number of carbonyl (C=O) groups excluding carboxylic acids is 2. The van der Waals surface area contributed by atoms with Gasteiger partial charge in [0.1, 0.15) is 17.6 Å². The number of nitrogens with one attached hydrogen (secondary N) is 1. The van der Waals surface area contributed by atoms with E-state index in [2.05, 4.69) is 15.4 Å². The first-order valence-corrected chi connectivity index (χ1v) is 9.90. The van der Waals surface area contributed by atoms with Crippen LogP contribution < -0.4 is 0 Å². The van der Waals surface area contributed by atoms with E-state index in [1.165, 1.54) is 0 Å². The zero-order chi connectivity index (χ0) is 19.8. The summed E-state index contributed by atoms with van der Waals surface area (Å²) in [6.45, 7) is 1.77. The van der Waals surface area contributed by atoms with Gasteiger partial charge >= 0.3 is 6.09 Å². The van der Waals surface area contributed by atoms with E-state index in [0.717, 1.165) is 37.0 Å². The lowest BCUT2D eigenvalue weighted by molar-refractivity contribution is -0.0850. The number of likely N-dealkylation sites (tertiary alicyclic amines) is 1. The molecule has 0 radical (unpaired) electrons. The van der Waals surface area contributed by atoms with E-state index in [0.29, 0.717) is 30.0 Å². The Bertz CT molecular complexity index is 1050. The van der Waals surface area contributed by atoms with Crippen molar-refractivity contribution in [3.05, 3.63) is 59.7 Å². The highest BCUT2D eigenvalue weighted by Gasteiger charge is 2.54. The molecule has 1 amide bonds. The predicted octanol–water partition coefficient (Wildman–Crippen LogP) is 3.58. The van der Waals surface area contributed by atoms with E-state index in [-0.39, 0.29) is 17.3 Å². The fourth-order valence-electron chi connectivity index (χ4n) is 4.66. The van der Waals surface area contributed by atoms with Crippen LogP contribution in [0.25, 0.3) is 11.0 Å². The van der Waals surface area contributed by atoms with Gasteiger partial charge in [0.05, 0.1) is 0 Å².